The first-order valence-corrected chi connectivity index (χ1v) is 3.42. The average molecular weight is 157 g/mol. The van der Waals surface area contributed by atoms with Crippen LogP contribution in [0.25, 0.3) is 0 Å². The van der Waals surface area contributed by atoms with Gasteiger partial charge in [-0.2, -0.15) is 0 Å². The molecule has 1 heterocycles. The molecular weight excluding hydrogens is 146 g/mol. The quantitative estimate of drug-likeness (QED) is 0.545. The number of carbonyl (C=O) groups excluding carboxylic acids is 1. The van der Waals surface area contributed by atoms with Gasteiger partial charge in [-0.1, -0.05) is 0 Å². The Labute approximate surface area is 64.7 Å². The summed E-state index contributed by atoms with van der Waals surface area (Å²) in [6, 6.07) is 0. The SMILES string of the molecule is C[C@]1(O)C=CC(=O)N1CCO. The Hall–Kier alpha value is -0.870. The van der Waals surface area contributed by atoms with E-state index < -0.39 is 5.72 Å². The average Bonchev–Trinajstić information content (AvgIpc) is 2.16. The predicted octanol–water partition coefficient (Wildman–Crippen LogP) is -0.914. The summed E-state index contributed by atoms with van der Waals surface area (Å²) < 4.78 is 0. The molecule has 0 aromatic heterocycles. The van der Waals surface area contributed by atoms with E-state index in [-0.39, 0.29) is 19.1 Å². The molecule has 4 nitrogen and oxygen atoms in total. The van der Waals surface area contributed by atoms with Crippen molar-refractivity contribution in [2.24, 2.45) is 0 Å². The van der Waals surface area contributed by atoms with Crippen LogP contribution in [-0.2, 0) is 4.79 Å². The van der Waals surface area contributed by atoms with Crippen LogP contribution in [-0.4, -0.2) is 39.9 Å². The van der Waals surface area contributed by atoms with Crippen molar-refractivity contribution < 1.29 is 15.0 Å². The second kappa shape index (κ2) is 2.64. The molecule has 0 aliphatic carbocycles. The number of hydrogen-bond acceptors (Lipinski definition) is 3. The topological polar surface area (TPSA) is 60.8 Å². The predicted molar refractivity (Wildman–Crippen MR) is 38.6 cm³/mol. The fourth-order valence-corrected chi connectivity index (χ4v) is 1.07. The van der Waals surface area contributed by atoms with Gasteiger partial charge in [-0.15, -0.1) is 0 Å². The summed E-state index contributed by atoms with van der Waals surface area (Å²) in [6.45, 7) is 1.53. The lowest BCUT2D eigenvalue weighted by Gasteiger charge is -2.28. The molecule has 0 fully saturated rings. The number of aliphatic hydroxyl groups is 2. The van der Waals surface area contributed by atoms with E-state index in [1.165, 1.54) is 24.0 Å². The van der Waals surface area contributed by atoms with Gasteiger partial charge in [0.25, 0.3) is 0 Å². The van der Waals surface area contributed by atoms with E-state index in [2.05, 4.69) is 0 Å². The number of aliphatic hydroxyl groups excluding tert-OH is 1. The fourth-order valence-electron chi connectivity index (χ4n) is 1.07. The fraction of sp³-hybridized carbons (Fsp3) is 0.571. The Morgan fingerprint density at radius 2 is 2.36 bits per heavy atom. The van der Waals surface area contributed by atoms with E-state index in [0.717, 1.165) is 0 Å². The first kappa shape index (κ1) is 8.23. The van der Waals surface area contributed by atoms with Gasteiger partial charge in [0.2, 0.25) is 5.91 Å². The van der Waals surface area contributed by atoms with Gasteiger partial charge >= 0.3 is 0 Å². The Morgan fingerprint density at radius 1 is 1.73 bits per heavy atom. The summed E-state index contributed by atoms with van der Waals surface area (Å²) in [6.07, 6.45) is 2.71. The summed E-state index contributed by atoms with van der Waals surface area (Å²) in [5.41, 5.74) is -1.22. The maximum absolute atomic E-state index is 10.9. The highest BCUT2D eigenvalue weighted by atomic mass is 16.3. The second-order valence-corrected chi connectivity index (χ2v) is 2.64. The molecule has 0 saturated heterocycles. The standard InChI is InChI=1S/C7H11NO3/c1-7(11)3-2-6(10)8(7)4-5-9/h2-3,9,11H,4-5H2,1H3/t7-/m0/s1. The van der Waals surface area contributed by atoms with Gasteiger partial charge in [0.1, 0.15) is 0 Å². The Kier molecular flexibility index (Phi) is 1.97. The van der Waals surface area contributed by atoms with E-state index in [0.29, 0.717) is 0 Å². The maximum Gasteiger partial charge on any atom is 0.248 e. The number of amides is 1. The molecular formula is C7H11NO3. The van der Waals surface area contributed by atoms with Crippen LogP contribution in [0.3, 0.4) is 0 Å². The lowest BCUT2D eigenvalue weighted by Crippen LogP contribution is -2.45. The van der Waals surface area contributed by atoms with Crippen molar-refractivity contribution in [2.75, 3.05) is 13.2 Å². The molecule has 1 amide bonds. The van der Waals surface area contributed by atoms with Gasteiger partial charge < -0.3 is 15.1 Å². The third kappa shape index (κ3) is 1.41. The van der Waals surface area contributed by atoms with E-state index in [4.69, 9.17) is 5.11 Å². The monoisotopic (exact) mass is 157 g/mol. The maximum atomic E-state index is 10.9. The third-order valence-corrected chi connectivity index (χ3v) is 1.68. The molecule has 4 heteroatoms. The summed E-state index contributed by atoms with van der Waals surface area (Å²) in [4.78, 5) is 12.1. The van der Waals surface area contributed by atoms with Crippen molar-refractivity contribution in [2.45, 2.75) is 12.6 Å². The summed E-state index contributed by atoms with van der Waals surface area (Å²) >= 11 is 0. The Morgan fingerprint density at radius 3 is 2.73 bits per heavy atom. The third-order valence-electron chi connectivity index (χ3n) is 1.68. The number of nitrogens with zero attached hydrogens (tertiary/aromatic N) is 1. The summed E-state index contributed by atoms with van der Waals surface area (Å²) in [5, 5.41) is 18.0. The first-order chi connectivity index (χ1) is 5.08. The van der Waals surface area contributed by atoms with Crippen molar-refractivity contribution in [1.29, 1.82) is 0 Å². The van der Waals surface area contributed by atoms with Crippen LogP contribution < -0.4 is 0 Å². The van der Waals surface area contributed by atoms with Crippen LogP contribution in [0, 0.1) is 0 Å². The van der Waals surface area contributed by atoms with Crippen LogP contribution in [0.1, 0.15) is 6.92 Å². The highest BCUT2D eigenvalue weighted by molar-refractivity contribution is 5.91. The molecule has 0 saturated carbocycles. The number of hydrogen-bond donors (Lipinski definition) is 2. The Balaban J connectivity index is 2.70. The lowest BCUT2D eigenvalue weighted by molar-refractivity contribution is -0.140. The van der Waals surface area contributed by atoms with Crippen molar-refractivity contribution in [1.82, 2.24) is 4.90 Å². The van der Waals surface area contributed by atoms with E-state index >= 15 is 0 Å². The minimum absolute atomic E-state index is 0.135. The van der Waals surface area contributed by atoms with Gasteiger partial charge in [-0.3, -0.25) is 4.79 Å². The van der Waals surface area contributed by atoms with Crippen LogP contribution in [0.15, 0.2) is 12.2 Å². The highest BCUT2D eigenvalue weighted by Gasteiger charge is 2.33. The van der Waals surface area contributed by atoms with Gasteiger partial charge in [0.15, 0.2) is 5.72 Å². The highest BCUT2D eigenvalue weighted by Crippen LogP contribution is 2.19. The van der Waals surface area contributed by atoms with Crippen LogP contribution in [0.2, 0.25) is 0 Å². The zero-order valence-corrected chi connectivity index (χ0v) is 6.32. The van der Waals surface area contributed by atoms with E-state index in [9.17, 15) is 9.90 Å². The molecule has 1 atom stereocenters. The van der Waals surface area contributed by atoms with Crippen LogP contribution >= 0.6 is 0 Å². The van der Waals surface area contributed by atoms with Gasteiger partial charge in [0.05, 0.1) is 6.61 Å². The molecule has 0 spiro atoms. The van der Waals surface area contributed by atoms with Gasteiger partial charge in [0, 0.05) is 12.6 Å². The molecule has 2 N–H and O–H groups in total. The molecule has 1 aliphatic rings. The molecule has 0 aromatic carbocycles. The number of rotatable bonds is 2. The molecule has 0 bridgehead atoms. The molecule has 0 unspecified atom stereocenters. The zero-order valence-electron chi connectivity index (χ0n) is 6.32. The summed E-state index contributed by atoms with van der Waals surface area (Å²) in [5.74, 6) is -0.260. The molecule has 0 radical (unpaired) electrons. The normalized spacial score (nSPS) is 30.1. The zero-order chi connectivity index (χ0) is 8.48. The van der Waals surface area contributed by atoms with Crippen molar-refractivity contribution >= 4 is 5.91 Å². The minimum Gasteiger partial charge on any atom is -0.395 e. The Bertz CT molecular complexity index is 198. The van der Waals surface area contributed by atoms with E-state index in [1.54, 1.807) is 0 Å². The van der Waals surface area contributed by atoms with Gasteiger partial charge in [-0.05, 0) is 13.0 Å². The van der Waals surface area contributed by atoms with Crippen molar-refractivity contribution in [3.63, 3.8) is 0 Å². The number of carbonyl (C=O) groups is 1. The molecule has 62 valence electrons. The van der Waals surface area contributed by atoms with Crippen molar-refractivity contribution in [3.05, 3.63) is 12.2 Å². The smallest absolute Gasteiger partial charge is 0.248 e. The second-order valence-electron chi connectivity index (χ2n) is 2.64. The largest absolute Gasteiger partial charge is 0.395 e. The molecule has 11 heavy (non-hydrogen) atoms. The summed E-state index contributed by atoms with van der Waals surface area (Å²) in [7, 11) is 0. The number of β-amino-alcohol motifs (C(OH)–C–C–N with tert-alkyl or cyclic N) is 1. The van der Waals surface area contributed by atoms with Crippen LogP contribution in [0.4, 0.5) is 0 Å². The van der Waals surface area contributed by atoms with Crippen LogP contribution in [0.5, 0.6) is 0 Å². The minimum atomic E-state index is -1.22. The lowest BCUT2D eigenvalue weighted by atomic mass is 10.2. The first-order valence-electron chi connectivity index (χ1n) is 3.42. The molecule has 1 aliphatic heterocycles. The van der Waals surface area contributed by atoms with Gasteiger partial charge in [-0.25, -0.2) is 0 Å². The molecule has 0 aromatic rings. The molecule has 1 rings (SSSR count). The van der Waals surface area contributed by atoms with Crippen molar-refractivity contribution in [3.8, 4) is 0 Å². The van der Waals surface area contributed by atoms with E-state index in [1.807, 2.05) is 0 Å².